The number of benzene rings is 1. The van der Waals surface area contributed by atoms with Gasteiger partial charge in [-0.3, -0.25) is 9.59 Å². The standard InChI is InChI=1S/C16H15NO4S/c1-9-5-16(20)21-14-6-11(3-4-13(9)14)17-8-12(7-15(17)19)22-10(2)18/h3-6,12H,7-8H2,1-2H3. The largest absolute Gasteiger partial charge is 0.423 e. The van der Waals surface area contributed by atoms with Crippen LogP contribution in [0.1, 0.15) is 18.9 Å². The molecule has 0 radical (unpaired) electrons. The molecule has 1 aliphatic heterocycles. The number of anilines is 1. The summed E-state index contributed by atoms with van der Waals surface area (Å²) in [6, 6.07) is 6.85. The first-order valence-corrected chi connectivity index (χ1v) is 7.84. The Kier molecular flexibility index (Phi) is 3.78. The number of fused-ring (bicyclic) bond motifs is 1. The number of amides is 1. The molecular weight excluding hydrogens is 302 g/mol. The van der Waals surface area contributed by atoms with Crippen molar-refractivity contribution in [3.63, 3.8) is 0 Å². The second kappa shape index (κ2) is 5.61. The lowest BCUT2D eigenvalue weighted by Gasteiger charge is -2.17. The smallest absolute Gasteiger partial charge is 0.336 e. The van der Waals surface area contributed by atoms with Gasteiger partial charge in [0.2, 0.25) is 5.91 Å². The number of nitrogens with zero attached hydrogens (tertiary/aromatic N) is 1. The van der Waals surface area contributed by atoms with Crippen LogP contribution in [0.3, 0.4) is 0 Å². The van der Waals surface area contributed by atoms with E-state index in [1.54, 1.807) is 11.0 Å². The molecule has 3 rings (SSSR count). The van der Waals surface area contributed by atoms with Crippen LogP contribution in [0.25, 0.3) is 11.0 Å². The van der Waals surface area contributed by atoms with Crippen LogP contribution in [0.2, 0.25) is 0 Å². The Balaban J connectivity index is 1.95. The van der Waals surface area contributed by atoms with Gasteiger partial charge in [0.15, 0.2) is 5.12 Å². The lowest BCUT2D eigenvalue weighted by Crippen LogP contribution is -2.24. The van der Waals surface area contributed by atoms with Crippen LogP contribution in [0.5, 0.6) is 0 Å². The number of hydrogen-bond donors (Lipinski definition) is 0. The fraction of sp³-hybridized carbons (Fsp3) is 0.312. The summed E-state index contributed by atoms with van der Waals surface area (Å²) in [4.78, 5) is 36.5. The van der Waals surface area contributed by atoms with Gasteiger partial charge in [-0.1, -0.05) is 11.8 Å². The molecule has 1 saturated heterocycles. The van der Waals surface area contributed by atoms with E-state index in [2.05, 4.69) is 0 Å². The van der Waals surface area contributed by atoms with Crippen LogP contribution in [0, 0.1) is 6.92 Å². The summed E-state index contributed by atoms with van der Waals surface area (Å²) in [6.45, 7) is 3.84. The van der Waals surface area contributed by atoms with Crippen molar-refractivity contribution in [3.05, 3.63) is 40.2 Å². The van der Waals surface area contributed by atoms with Crippen molar-refractivity contribution in [1.29, 1.82) is 0 Å². The molecule has 1 atom stereocenters. The molecule has 5 nitrogen and oxygen atoms in total. The second-order valence-corrected chi connectivity index (χ2v) is 6.85. The molecule has 1 aromatic heterocycles. The van der Waals surface area contributed by atoms with Gasteiger partial charge in [0.25, 0.3) is 0 Å². The molecule has 6 heteroatoms. The maximum Gasteiger partial charge on any atom is 0.336 e. The minimum Gasteiger partial charge on any atom is -0.423 e. The van der Waals surface area contributed by atoms with Crippen LogP contribution in [-0.4, -0.2) is 22.8 Å². The van der Waals surface area contributed by atoms with Gasteiger partial charge in [-0.15, -0.1) is 0 Å². The zero-order valence-corrected chi connectivity index (χ0v) is 13.1. The summed E-state index contributed by atoms with van der Waals surface area (Å²) in [6.07, 6.45) is 0.347. The highest BCUT2D eigenvalue weighted by atomic mass is 32.2. The predicted molar refractivity (Wildman–Crippen MR) is 86.3 cm³/mol. The quantitative estimate of drug-likeness (QED) is 0.796. The van der Waals surface area contributed by atoms with Crippen LogP contribution in [0.4, 0.5) is 5.69 Å². The van der Waals surface area contributed by atoms with Gasteiger partial charge in [-0.05, 0) is 24.6 Å². The monoisotopic (exact) mass is 317 g/mol. The van der Waals surface area contributed by atoms with Gasteiger partial charge < -0.3 is 9.32 Å². The van der Waals surface area contributed by atoms with Crippen molar-refractivity contribution < 1.29 is 14.0 Å². The number of rotatable bonds is 2. The summed E-state index contributed by atoms with van der Waals surface area (Å²) < 4.78 is 5.22. The minimum absolute atomic E-state index is 0.0137. The van der Waals surface area contributed by atoms with Crippen LogP contribution < -0.4 is 10.5 Å². The topological polar surface area (TPSA) is 67.6 Å². The Morgan fingerprint density at radius 2 is 2.09 bits per heavy atom. The van der Waals surface area contributed by atoms with E-state index >= 15 is 0 Å². The Labute approximate surface area is 131 Å². The number of carbonyl (C=O) groups excluding carboxylic acids is 2. The van der Waals surface area contributed by atoms with E-state index in [9.17, 15) is 14.4 Å². The van der Waals surface area contributed by atoms with Crippen molar-refractivity contribution in [2.45, 2.75) is 25.5 Å². The first-order valence-electron chi connectivity index (χ1n) is 6.96. The molecule has 1 unspecified atom stereocenters. The van der Waals surface area contributed by atoms with E-state index < -0.39 is 5.63 Å². The average molecular weight is 317 g/mol. The van der Waals surface area contributed by atoms with Gasteiger partial charge >= 0.3 is 5.63 Å². The van der Waals surface area contributed by atoms with Crippen molar-refractivity contribution in [1.82, 2.24) is 0 Å². The molecule has 0 bridgehead atoms. The first-order chi connectivity index (χ1) is 10.4. The third-order valence-corrected chi connectivity index (χ3v) is 4.65. The van der Waals surface area contributed by atoms with Crippen LogP contribution in [0.15, 0.2) is 33.5 Å². The van der Waals surface area contributed by atoms with Crippen LogP contribution in [-0.2, 0) is 9.59 Å². The van der Waals surface area contributed by atoms with Crippen LogP contribution >= 0.6 is 11.8 Å². The fourth-order valence-corrected chi connectivity index (χ4v) is 3.64. The molecule has 1 amide bonds. The second-order valence-electron chi connectivity index (χ2n) is 5.37. The molecule has 1 aliphatic rings. The van der Waals surface area contributed by atoms with Gasteiger partial charge in [0, 0.05) is 48.3 Å². The fourth-order valence-electron chi connectivity index (χ4n) is 2.72. The van der Waals surface area contributed by atoms with Crippen molar-refractivity contribution in [2.24, 2.45) is 0 Å². The number of thioether (sulfide) groups is 1. The van der Waals surface area contributed by atoms with Crippen molar-refractivity contribution in [3.8, 4) is 0 Å². The summed E-state index contributed by atoms with van der Waals surface area (Å²) >= 11 is 1.20. The van der Waals surface area contributed by atoms with E-state index in [-0.39, 0.29) is 16.3 Å². The third kappa shape index (κ3) is 2.78. The highest BCUT2D eigenvalue weighted by Crippen LogP contribution is 2.30. The molecule has 2 aromatic rings. The maximum absolute atomic E-state index is 12.1. The molecule has 0 aliphatic carbocycles. The molecule has 0 spiro atoms. The van der Waals surface area contributed by atoms with E-state index in [1.165, 1.54) is 24.8 Å². The third-order valence-electron chi connectivity index (χ3n) is 3.67. The number of carbonyl (C=O) groups is 2. The predicted octanol–water partition coefficient (Wildman–Crippen LogP) is 2.49. The zero-order chi connectivity index (χ0) is 15.9. The van der Waals surface area contributed by atoms with E-state index in [0.717, 1.165) is 10.9 Å². The Morgan fingerprint density at radius 1 is 1.32 bits per heavy atom. The van der Waals surface area contributed by atoms with Gasteiger partial charge in [0.1, 0.15) is 5.58 Å². The summed E-state index contributed by atoms with van der Waals surface area (Å²) in [5, 5.41) is 0.842. The molecule has 22 heavy (non-hydrogen) atoms. The Hall–Kier alpha value is -2.08. The molecule has 114 valence electrons. The molecule has 2 heterocycles. The van der Waals surface area contributed by atoms with E-state index in [1.807, 2.05) is 19.1 Å². The summed E-state index contributed by atoms with van der Waals surface area (Å²) in [5.74, 6) is -0.0203. The zero-order valence-electron chi connectivity index (χ0n) is 12.3. The van der Waals surface area contributed by atoms with E-state index in [0.29, 0.717) is 24.2 Å². The normalized spacial score (nSPS) is 18.2. The SMILES string of the molecule is CC(=O)SC1CC(=O)N(c2ccc3c(C)cc(=O)oc3c2)C1. The number of hydrogen-bond acceptors (Lipinski definition) is 5. The minimum atomic E-state index is -0.403. The maximum atomic E-state index is 12.1. The Morgan fingerprint density at radius 3 is 2.82 bits per heavy atom. The van der Waals surface area contributed by atoms with Gasteiger partial charge in [0.05, 0.1) is 0 Å². The summed E-state index contributed by atoms with van der Waals surface area (Å²) in [5.41, 5.74) is 1.60. The van der Waals surface area contributed by atoms with E-state index in [4.69, 9.17) is 4.42 Å². The molecular formula is C16H15NO4S. The lowest BCUT2D eigenvalue weighted by atomic mass is 10.1. The van der Waals surface area contributed by atoms with Crippen molar-refractivity contribution in [2.75, 3.05) is 11.4 Å². The molecule has 1 fully saturated rings. The van der Waals surface area contributed by atoms with Gasteiger partial charge in [-0.2, -0.15) is 0 Å². The highest BCUT2D eigenvalue weighted by molar-refractivity contribution is 8.14. The Bertz CT molecular complexity index is 826. The average Bonchev–Trinajstić information content (AvgIpc) is 2.77. The molecule has 0 N–H and O–H groups in total. The van der Waals surface area contributed by atoms with Gasteiger partial charge in [-0.25, -0.2) is 4.79 Å². The first kappa shape index (κ1) is 14.8. The molecule has 0 saturated carbocycles. The lowest BCUT2D eigenvalue weighted by molar-refractivity contribution is -0.117. The number of aryl methyl sites for hydroxylation is 1. The molecule has 1 aromatic carbocycles. The van der Waals surface area contributed by atoms with Crippen molar-refractivity contribution >= 4 is 39.4 Å². The summed E-state index contributed by atoms with van der Waals surface area (Å²) in [7, 11) is 0. The highest BCUT2D eigenvalue weighted by Gasteiger charge is 2.32.